The van der Waals surface area contributed by atoms with E-state index in [1.54, 1.807) is 12.1 Å². The third-order valence-corrected chi connectivity index (χ3v) is 3.45. The summed E-state index contributed by atoms with van der Waals surface area (Å²) in [4.78, 5) is 10.6. The summed E-state index contributed by atoms with van der Waals surface area (Å²) in [6.45, 7) is 0. The molecule has 1 amide bonds. The van der Waals surface area contributed by atoms with Crippen LogP contribution in [0.15, 0.2) is 12.1 Å². The molecular formula is C12H15Cl3N2O. The Morgan fingerprint density at radius 2 is 1.72 bits per heavy atom. The maximum Gasteiger partial charge on any atom is 0.217 e. The second-order valence-electron chi connectivity index (χ2n) is 4.10. The molecule has 0 saturated heterocycles. The Bertz CT molecular complexity index is 414. The number of carbonyl (C=O) groups is 1. The van der Waals surface area contributed by atoms with Crippen molar-refractivity contribution in [3.05, 3.63) is 32.8 Å². The summed E-state index contributed by atoms with van der Waals surface area (Å²) in [5, 5.41) is 1.42. The molecule has 0 aliphatic heterocycles. The topological polar surface area (TPSA) is 69.1 Å². The van der Waals surface area contributed by atoms with Gasteiger partial charge in [0.15, 0.2) is 0 Å². The fourth-order valence-corrected chi connectivity index (χ4v) is 2.81. The van der Waals surface area contributed by atoms with Gasteiger partial charge in [-0.05, 0) is 25.0 Å². The molecule has 1 rings (SSSR count). The Morgan fingerprint density at radius 1 is 1.17 bits per heavy atom. The van der Waals surface area contributed by atoms with Gasteiger partial charge in [-0.25, -0.2) is 0 Å². The molecule has 0 aliphatic carbocycles. The highest BCUT2D eigenvalue weighted by atomic mass is 35.5. The van der Waals surface area contributed by atoms with Crippen molar-refractivity contribution in [1.82, 2.24) is 0 Å². The van der Waals surface area contributed by atoms with Gasteiger partial charge in [0.1, 0.15) is 0 Å². The van der Waals surface area contributed by atoms with E-state index in [4.69, 9.17) is 46.3 Å². The molecule has 0 bridgehead atoms. The van der Waals surface area contributed by atoms with Gasteiger partial charge < -0.3 is 11.5 Å². The van der Waals surface area contributed by atoms with Crippen LogP contribution < -0.4 is 11.5 Å². The number of benzene rings is 1. The average Bonchev–Trinajstić information content (AvgIpc) is 2.22. The average molecular weight is 310 g/mol. The van der Waals surface area contributed by atoms with E-state index in [1.807, 2.05) is 0 Å². The van der Waals surface area contributed by atoms with Gasteiger partial charge in [-0.3, -0.25) is 4.79 Å². The number of carbonyl (C=O) groups excluding carboxylic acids is 1. The fraction of sp³-hybridized carbons (Fsp3) is 0.417. The molecule has 3 nitrogen and oxygen atoms in total. The lowest BCUT2D eigenvalue weighted by atomic mass is 10.0. The number of rotatable bonds is 6. The summed E-state index contributed by atoms with van der Waals surface area (Å²) in [6, 6.07) is 2.97. The van der Waals surface area contributed by atoms with Gasteiger partial charge in [0.25, 0.3) is 0 Å². The van der Waals surface area contributed by atoms with Crippen molar-refractivity contribution in [1.29, 1.82) is 0 Å². The van der Waals surface area contributed by atoms with Gasteiger partial charge in [-0.1, -0.05) is 41.2 Å². The maximum atomic E-state index is 10.6. The number of nitrogens with two attached hydrogens (primary N) is 2. The number of hydrogen-bond acceptors (Lipinski definition) is 2. The lowest BCUT2D eigenvalue weighted by molar-refractivity contribution is -0.118. The highest BCUT2D eigenvalue weighted by Crippen LogP contribution is 2.34. The minimum Gasteiger partial charge on any atom is -0.370 e. The van der Waals surface area contributed by atoms with E-state index in [2.05, 4.69) is 0 Å². The first-order valence-corrected chi connectivity index (χ1v) is 6.73. The summed E-state index contributed by atoms with van der Waals surface area (Å²) in [5.41, 5.74) is 11.8. The molecule has 1 unspecified atom stereocenters. The predicted molar refractivity (Wildman–Crippen MR) is 76.1 cm³/mol. The van der Waals surface area contributed by atoms with E-state index in [-0.39, 0.29) is 11.9 Å². The molecular weight excluding hydrogens is 295 g/mol. The lowest BCUT2D eigenvalue weighted by Crippen LogP contribution is -2.13. The molecule has 100 valence electrons. The Balaban J connectivity index is 2.61. The van der Waals surface area contributed by atoms with Crippen LogP contribution in [0.2, 0.25) is 15.1 Å². The molecule has 0 spiro atoms. The molecule has 1 aromatic rings. The van der Waals surface area contributed by atoms with Gasteiger partial charge in [-0.15, -0.1) is 0 Å². The molecule has 0 saturated carbocycles. The standard InChI is InChI=1S/C12H15Cl3N2O/c13-7-5-8(14)12(9(15)6-7)10(16)3-1-2-4-11(17)18/h5-6,10H,1-4,16H2,(H2,17,18). The first-order chi connectivity index (χ1) is 8.41. The van der Waals surface area contributed by atoms with E-state index in [9.17, 15) is 4.79 Å². The Morgan fingerprint density at radius 3 is 2.22 bits per heavy atom. The Kier molecular flexibility index (Phi) is 6.22. The van der Waals surface area contributed by atoms with Crippen LogP contribution in [0, 0.1) is 0 Å². The molecule has 0 heterocycles. The number of unbranched alkanes of at least 4 members (excludes halogenated alkanes) is 1. The van der Waals surface area contributed by atoms with Crippen LogP contribution in [0.4, 0.5) is 0 Å². The van der Waals surface area contributed by atoms with Crippen LogP contribution >= 0.6 is 34.8 Å². The Hall–Kier alpha value is -0.480. The number of hydrogen-bond donors (Lipinski definition) is 2. The van der Waals surface area contributed by atoms with Gasteiger partial charge in [0.05, 0.1) is 0 Å². The molecule has 0 aliphatic rings. The molecule has 0 fully saturated rings. The summed E-state index contributed by atoms with van der Waals surface area (Å²) < 4.78 is 0. The fourth-order valence-electron chi connectivity index (χ4n) is 1.72. The third-order valence-electron chi connectivity index (χ3n) is 2.60. The largest absolute Gasteiger partial charge is 0.370 e. The van der Waals surface area contributed by atoms with Gasteiger partial charge in [0.2, 0.25) is 5.91 Å². The van der Waals surface area contributed by atoms with Gasteiger partial charge in [0, 0.05) is 33.1 Å². The summed E-state index contributed by atoms with van der Waals surface area (Å²) >= 11 is 18.0. The minimum atomic E-state index is -0.300. The van der Waals surface area contributed by atoms with Crippen LogP contribution in [0.5, 0.6) is 0 Å². The van der Waals surface area contributed by atoms with E-state index < -0.39 is 0 Å². The van der Waals surface area contributed by atoms with Crippen molar-refractivity contribution >= 4 is 40.7 Å². The van der Waals surface area contributed by atoms with Crippen molar-refractivity contribution < 1.29 is 4.79 Å². The number of amides is 1. The molecule has 1 aromatic carbocycles. The van der Waals surface area contributed by atoms with Gasteiger partial charge >= 0.3 is 0 Å². The minimum absolute atomic E-state index is 0.268. The molecule has 6 heteroatoms. The second-order valence-corrected chi connectivity index (χ2v) is 5.35. The summed E-state index contributed by atoms with van der Waals surface area (Å²) in [5.74, 6) is -0.300. The number of primary amides is 1. The van der Waals surface area contributed by atoms with E-state index >= 15 is 0 Å². The normalized spacial score (nSPS) is 12.4. The summed E-state index contributed by atoms with van der Waals surface area (Å²) in [6.07, 6.45) is 2.56. The molecule has 0 radical (unpaired) electrons. The second kappa shape index (κ2) is 7.19. The lowest BCUT2D eigenvalue weighted by Gasteiger charge is -2.15. The molecule has 18 heavy (non-hydrogen) atoms. The van der Waals surface area contributed by atoms with E-state index in [0.29, 0.717) is 39.9 Å². The molecule has 1 atom stereocenters. The first-order valence-electron chi connectivity index (χ1n) is 5.60. The van der Waals surface area contributed by atoms with E-state index in [0.717, 1.165) is 6.42 Å². The maximum absolute atomic E-state index is 10.6. The Labute approximate surface area is 121 Å². The quantitative estimate of drug-likeness (QED) is 0.787. The zero-order valence-corrected chi connectivity index (χ0v) is 12.0. The highest BCUT2D eigenvalue weighted by molar-refractivity contribution is 6.39. The molecule has 4 N–H and O–H groups in total. The zero-order chi connectivity index (χ0) is 13.7. The summed E-state index contributed by atoms with van der Waals surface area (Å²) in [7, 11) is 0. The zero-order valence-electron chi connectivity index (χ0n) is 9.76. The number of halogens is 3. The third kappa shape index (κ3) is 4.65. The van der Waals surface area contributed by atoms with Crippen molar-refractivity contribution in [3.63, 3.8) is 0 Å². The van der Waals surface area contributed by atoms with Crippen molar-refractivity contribution in [2.45, 2.75) is 31.7 Å². The van der Waals surface area contributed by atoms with Gasteiger partial charge in [-0.2, -0.15) is 0 Å². The monoisotopic (exact) mass is 308 g/mol. The van der Waals surface area contributed by atoms with E-state index in [1.165, 1.54) is 0 Å². The van der Waals surface area contributed by atoms with Crippen LogP contribution in [0.1, 0.15) is 37.3 Å². The van der Waals surface area contributed by atoms with Crippen molar-refractivity contribution in [2.24, 2.45) is 11.5 Å². The highest BCUT2D eigenvalue weighted by Gasteiger charge is 2.15. The smallest absolute Gasteiger partial charge is 0.217 e. The molecule has 0 aromatic heterocycles. The SMILES string of the molecule is NC(=O)CCCCC(N)c1c(Cl)cc(Cl)cc1Cl. The van der Waals surface area contributed by atoms with Crippen molar-refractivity contribution in [3.8, 4) is 0 Å². The first kappa shape index (κ1) is 15.6. The van der Waals surface area contributed by atoms with Crippen LogP contribution in [-0.2, 0) is 4.79 Å². The predicted octanol–water partition coefficient (Wildman–Crippen LogP) is 3.69. The van der Waals surface area contributed by atoms with Crippen LogP contribution in [-0.4, -0.2) is 5.91 Å². The van der Waals surface area contributed by atoms with Crippen molar-refractivity contribution in [2.75, 3.05) is 0 Å². The van der Waals surface area contributed by atoms with Crippen LogP contribution in [0.3, 0.4) is 0 Å². The van der Waals surface area contributed by atoms with Crippen LogP contribution in [0.25, 0.3) is 0 Å².